The molecule has 0 radical (unpaired) electrons. The molecule has 0 bridgehead atoms. The topological polar surface area (TPSA) is 55.2 Å². The van der Waals surface area contributed by atoms with Crippen LogP contribution in [-0.2, 0) is 6.42 Å². The molecule has 0 aliphatic heterocycles. The maximum absolute atomic E-state index is 10.7. The minimum Gasteiger partial charge on any atom is -0.314 e. The van der Waals surface area contributed by atoms with E-state index >= 15 is 0 Å². The van der Waals surface area contributed by atoms with Crippen LogP contribution in [0.1, 0.15) is 37.8 Å². The molecular formula is C14H22N2O2. The van der Waals surface area contributed by atoms with E-state index in [1.165, 1.54) is 5.56 Å². The Morgan fingerprint density at radius 3 is 2.61 bits per heavy atom. The van der Waals surface area contributed by atoms with E-state index in [-0.39, 0.29) is 10.6 Å². The second kappa shape index (κ2) is 7.11. The summed E-state index contributed by atoms with van der Waals surface area (Å²) < 4.78 is 0. The maximum atomic E-state index is 10.7. The average Bonchev–Trinajstić information content (AvgIpc) is 2.35. The number of rotatable bonds is 7. The van der Waals surface area contributed by atoms with Gasteiger partial charge in [0.15, 0.2) is 0 Å². The number of non-ortho nitro benzene ring substituents is 1. The number of aryl methyl sites for hydroxylation is 1. The van der Waals surface area contributed by atoms with E-state index in [9.17, 15) is 10.1 Å². The van der Waals surface area contributed by atoms with Crippen LogP contribution in [0.3, 0.4) is 0 Å². The summed E-state index contributed by atoms with van der Waals surface area (Å²) in [5.41, 5.74) is 2.36. The van der Waals surface area contributed by atoms with Crippen LogP contribution in [0.15, 0.2) is 18.2 Å². The lowest BCUT2D eigenvalue weighted by Gasteiger charge is -2.17. The molecule has 1 rings (SSSR count). The summed E-state index contributed by atoms with van der Waals surface area (Å²) in [5.74, 6) is 0. The van der Waals surface area contributed by atoms with Gasteiger partial charge in [-0.1, -0.05) is 19.9 Å². The second-order valence-electron chi connectivity index (χ2n) is 4.63. The van der Waals surface area contributed by atoms with Gasteiger partial charge < -0.3 is 5.32 Å². The molecule has 1 aromatic carbocycles. The first kappa shape index (κ1) is 14.6. The van der Waals surface area contributed by atoms with E-state index in [1.54, 1.807) is 12.1 Å². The van der Waals surface area contributed by atoms with Gasteiger partial charge in [0.05, 0.1) is 4.92 Å². The van der Waals surface area contributed by atoms with Crippen molar-refractivity contribution in [2.24, 2.45) is 0 Å². The minimum atomic E-state index is -0.344. The molecule has 0 spiro atoms. The van der Waals surface area contributed by atoms with Crippen molar-refractivity contribution in [3.8, 4) is 0 Å². The van der Waals surface area contributed by atoms with Crippen LogP contribution >= 0.6 is 0 Å². The molecule has 0 heterocycles. The molecule has 1 atom stereocenters. The Bertz CT molecular complexity index is 405. The van der Waals surface area contributed by atoms with Crippen molar-refractivity contribution >= 4 is 5.69 Å². The number of hydrogen-bond donors (Lipinski definition) is 1. The van der Waals surface area contributed by atoms with Crippen molar-refractivity contribution in [3.05, 3.63) is 39.4 Å². The Balaban J connectivity index is 2.74. The normalized spacial score (nSPS) is 12.4. The highest BCUT2D eigenvalue weighted by Crippen LogP contribution is 2.18. The fraction of sp³-hybridized carbons (Fsp3) is 0.571. The quantitative estimate of drug-likeness (QED) is 0.597. The van der Waals surface area contributed by atoms with Gasteiger partial charge in [-0.2, -0.15) is 0 Å². The van der Waals surface area contributed by atoms with Crippen LogP contribution < -0.4 is 5.32 Å². The number of nitro groups is 1. The molecule has 0 saturated carbocycles. The molecule has 4 nitrogen and oxygen atoms in total. The fourth-order valence-electron chi connectivity index (χ4n) is 2.00. The lowest BCUT2D eigenvalue weighted by molar-refractivity contribution is -0.384. The predicted octanol–water partition coefficient (Wildman–Crippen LogP) is 3.22. The molecule has 0 saturated heterocycles. The van der Waals surface area contributed by atoms with Gasteiger partial charge in [-0.05, 0) is 43.9 Å². The van der Waals surface area contributed by atoms with Crippen molar-refractivity contribution < 1.29 is 4.92 Å². The third kappa shape index (κ3) is 4.11. The van der Waals surface area contributed by atoms with Crippen LogP contribution in [-0.4, -0.2) is 17.5 Å². The third-order valence-corrected chi connectivity index (χ3v) is 3.18. The summed E-state index contributed by atoms with van der Waals surface area (Å²) in [7, 11) is 0. The largest absolute Gasteiger partial charge is 0.314 e. The summed E-state index contributed by atoms with van der Waals surface area (Å²) in [4.78, 5) is 10.3. The third-order valence-electron chi connectivity index (χ3n) is 3.18. The number of nitrogens with one attached hydrogen (secondary N) is 1. The van der Waals surface area contributed by atoms with E-state index in [2.05, 4.69) is 19.2 Å². The molecule has 1 N–H and O–H groups in total. The number of nitro benzene ring substituents is 1. The number of nitrogens with zero attached hydrogens (tertiary/aromatic N) is 1. The summed E-state index contributed by atoms with van der Waals surface area (Å²) >= 11 is 0. The maximum Gasteiger partial charge on any atom is 0.269 e. The van der Waals surface area contributed by atoms with E-state index in [1.807, 2.05) is 13.0 Å². The zero-order valence-corrected chi connectivity index (χ0v) is 11.4. The Kier molecular flexibility index (Phi) is 5.78. The molecule has 0 amide bonds. The highest BCUT2D eigenvalue weighted by Gasteiger charge is 2.11. The zero-order chi connectivity index (χ0) is 13.5. The highest BCUT2D eigenvalue weighted by molar-refractivity contribution is 5.39. The first-order valence-electron chi connectivity index (χ1n) is 6.55. The highest BCUT2D eigenvalue weighted by atomic mass is 16.6. The van der Waals surface area contributed by atoms with E-state index in [0.717, 1.165) is 31.4 Å². The lowest BCUT2D eigenvalue weighted by Crippen LogP contribution is -2.31. The van der Waals surface area contributed by atoms with Crippen LogP contribution in [0.4, 0.5) is 5.69 Å². The van der Waals surface area contributed by atoms with Gasteiger partial charge in [-0.3, -0.25) is 10.1 Å². The number of benzene rings is 1. The molecule has 100 valence electrons. The van der Waals surface area contributed by atoms with E-state index < -0.39 is 0 Å². The van der Waals surface area contributed by atoms with Crippen molar-refractivity contribution in [3.63, 3.8) is 0 Å². The first-order valence-corrected chi connectivity index (χ1v) is 6.55. The summed E-state index contributed by atoms with van der Waals surface area (Å²) in [5, 5.41) is 14.2. The smallest absolute Gasteiger partial charge is 0.269 e. The molecule has 18 heavy (non-hydrogen) atoms. The predicted molar refractivity (Wildman–Crippen MR) is 73.9 cm³/mol. The van der Waals surface area contributed by atoms with E-state index in [4.69, 9.17) is 0 Å². The van der Waals surface area contributed by atoms with Gasteiger partial charge in [-0.25, -0.2) is 0 Å². The minimum absolute atomic E-state index is 0.172. The molecule has 0 fully saturated rings. The Labute approximate surface area is 109 Å². The van der Waals surface area contributed by atoms with Gasteiger partial charge in [-0.15, -0.1) is 0 Å². The van der Waals surface area contributed by atoms with Gasteiger partial charge in [0.1, 0.15) is 0 Å². The number of hydrogen-bond acceptors (Lipinski definition) is 3. The van der Waals surface area contributed by atoms with E-state index in [0.29, 0.717) is 6.04 Å². The molecule has 1 unspecified atom stereocenters. The summed E-state index contributed by atoms with van der Waals surface area (Å²) in [6, 6.07) is 5.57. The molecule has 0 aliphatic carbocycles. The van der Waals surface area contributed by atoms with Gasteiger partial charge in [0, 0.05) is 18.2 Å². The standard InChI is InChI=1S/C14H22N2O2/c1-4-8-15-13(5-2)10-12-6-7-14(16(17)18)9-11(12)3/h6-7,9,13,15H,4-5,8,10H2,1-3H3. The first-order chi connectivity index (χ1) is 8.58. The van der Waals surface area contributed by atoms with Gasteiger partial charge >= 0.3 is 0 Å². The van der Waals surface area contributed by atoms with Crippen molar-refractivity contribution in [1.82, 2.24) is 5.32 Å². The molecule has 1 aromatic rings. The van der Waals surface area contributed by atoms with Crippen LogP contribution in [0, 0.1) is 17.0 Å². The molecule has 0 aromatic heterocycles. The SMILES string of the molecule is CCCNC(CC)Cc1ccc([N+](=O)[O-])cc1C. The second-order valence-corrected chi connectivity index (χ2v) is 4.63. The van der Waals surface area contributed by atoms with Gasteiger partial charge in [0.25, 0.3) is 5.69 Å². The van der Waals surface area contributed by atoms with Crippen LogP contribution in [0.2, 0.25) is 0 Å². The van der Waals surface area contributed by atoms with Gasteiger partial charge in [0.2, 0.25) is 0 Å². The Morgan fingerprint density at radius 1 is 1.39 bits per heavy atom. The monoisotopic (exact) mass is 250 g/mol. The lowest BCUT2D eigenvalue weighted by atomic mass is 9.99. The Hall–Kier alpha value is -1.42. The average molecular weight is 250 g/mol. The Morgan fingerprint density at radius 2 is 2.11 bits per heavy atom. The summed E-state index contributed by atoms with van der Waals surface area (Å²) in [6.07, 6.45) is 3.12. The zero-order valence-electron chi connectivity index (χ0n) is 11.4. The van der Waals surface area contributed by atoms with Crippen molar-refractivity contribution in [2.75, 3.05) is 6.54 Å². The fourth-order valence-corrected chi connectivity index (χ4v) is 2.00. The van der Waals surface area contributed by atoms with Crippen LogP contribution in [0.5, 0.6) is 0 Å². The molecule has 0 aliphatic rings. The van der Waals surface area contributed by atoms with Crippen molar-refractivity contribution in [1.29, 1.82) is 0 Å². The molecule has 4 heteroatoms. The van der Waals surface area contributed by atoms with Crippen molar-refractivity contribution in [2.45, 2.75) is 46.1 Å². The summed E-state index contributed by atoms with van der Waals surface area (Å²) in [6.45, 7) is 7.27. The van der Waals surface area contributed by atoms with Crippen LogP contribution in [0.25, 0.3) is 0 Å². The molecular weight excluding hydrogens is 228 g/mol.